The first-order valence-electron chi connectivity index (χ1n) is 20.0. The van der Waals surface area contributed by atoms with Crippen molar-refractivity contribution in [3.8, 4) is 22.9 Å². The van der Waals surface area contributed by atoms with Crippen molar-refractivity contribution in [2.24, 2.45) is 0 Å². The number of nitrogens with one attached hydrogen (secondary N) is 2. The number of nitrogens with zero attached hydrogens (tertiary/aromatic N) is 2. The summed E-state index contributed by atoms with van der Waals surface area (Å²) in [6.45, 7) is 28.6. The minimum atomic E-state index is -2.09. The van der Waals surface area contributed by atoms with Crippen LogP contribution in [0.15, 0.2) is 72.8 Å². The Kier molecular flexibility index (Phi) is 9.92. The van der Waals surface area contributed by atoms with Gasteiger partial charge in [-0.3, -0.25) is 0 Å². The van der Waals surface area contributed by atoms with E-state index in [1.165, 1.54) is 21.5 Å². The second-order valence-electron chi connectivity index (χ2n) is 17.4. The van der Waals surface area contributed by atoms with Gasteiger partial charge in [-0.2, -0.15) is 0 Å². The molecule has 0 atom stereocenters. The maximum atomic E-state index is 5.49. The molecule has 2 N–H and O–H groups in total. The quantitative estimate of drug-likeness (QED) is 0.101. The molecule has 2 heterocycles. The Morgan fingerprint density at radius 3 is 1.04 bits per heavy atom. The molecule has 0 unspecified atom stereocenters. The predicted molar refractivity (Wildman–Crippen MR) is 241 cm³/mol. The van der Waals surface area contributed by atoms with Crippen molar-refractivity contribution in [1.29, 1.82) is 0 Å². The number of benzene rings is 5. The topological polar surface area (TPSA) is 49.8 Å². The molecule has 54 heavy (non-hydrogen) atoms. The Labute approximate surface area is 325 Å². The summed E-state index contributed by atoms with van der Waals surface area (Å²) >= 11 is 0. The van der Waals surface area contributed by atoms with Crippen molar-refractivity contribution < 1.29 is 0 Å². The molecule has 0 radical (unpaired) electrons. The van der Waals surface area contributed by atoms with Gasteiger partial charge in [0.05, 0.1) is 22.5 Å². The van der Waals surface area contributed by atoms with Gasteiger partial charge in [-0.25, -0.2) is 9.97 Å². The van der Waals surface area contributed by atoms with E-state index in [1.54, 1.807) is 0 Å². The monoisotopic (exact) mass is 744 g/mol. The Morgan fingerprint density at radius 1 is 0.444 bits per heavy atom. The summed E-state index contributed by atoms with van der Waals surface area (Å²) in [5.74, 6) is 9.23. The molecule has 1 aliphatic heterocycles. The fourth-order valence-corrected chi connectivity index (χ4v) is 20.4. The summed E-state index contributed by atoms with van der Waals surface area (Å²) in [5, 5.41) is 14.3. The number of aromatic nitrogens is 2. The highest BCUT2D eigenvalue weighted by Crippen LogP contribution is 2.45. The Bertz CT molecular complexity index is 2340. The van der Waals surface area contributed by atoms with E-state index in [0.717, 1.165) is 44.3 Å². The molecule has 0 bridgehead atoms. The molecule has 276 valence electrons. The molecule has 1 aromatic heterocycles. The smallest absolute Gasteiger partial charge is 0.174 e. The molecule has 7 rings (SSSR count). The molecule has 6 aromatic rings. The average molecular weight is 745 g/mol. The second kappa shape index (κ2) is 14.2. The van der Waals surface area contributed by atoms with Gasteiger partial charge in [0.2, 0.25) is 0 Å². The van der Waals surface area contributed by atoms with Gasteiger partial charge < -0.3 is 10.6 Å². The maximum absolute atomic E-state index is 5.49. The van der Waals surface area contributed by atoms with Crippen LogP contribution in [0, 0.1) is 22.9 Å². The highest BCUT2D eigenvalue weighted by atomic mass is 28.3. The van der Waals surface area contributed by atoms with Gasteiger partial charge in [0, 0.05) is 10.8 Å². The van der Waals surface area contributed by atoms with E-state index in [9.17, 15) is 0 Å². The van der Waals surface area contributed by atoms with E-state index in [4.69, 9.17) is 9.97 Å². The van der Waals surface area contributed by atoms with Crippen LogP contribution in [0.3, 0.4) is 0 Å². The first kappa shape index (κ1) is 37.7. The van der Waals surface area contributed by atoms with E-state index in [-0.39, 0.29) is 0 Å². The number of rotatable bonds is 6. The lowest BCUT2D eigenvalue weighted by Crippen LogP contribution is -2.43. The van der Waals surface area contributed by atoms with E-state index >= 15 is 0 Å². The third-order valence-corrected chi connectivity index (χ3v) is 25.3. The van der Waals surface area contributed by atoms with Crippen LogP contribution in [0.4, 0.5) is 23.0 Å². The third kappa shape index (κ3) is 6.09. The summed E-state index contributed by atoms with van der Waals surface area (Å²) in [6, 6.07) is 26.2. The zero-order valence-corrected chi connectivity index (χ0v) is 36.3. The van der Waals surface area contributed by atoms with Crippen LogP contribution in [0.5, 0.6) is 0 Å². The van der Waals surface area contributed by atoms with Gasteiger partial charge in [-0.1, -0.05) is 143 Å². The number of hydrogen-bond acceptors (Lipinski definition) is 4. The average Bonchev–Trinajstić information content (AvgIpc) is 3.11. The van der Waals surface area contributed by atoms with Crippen LogP contribution in [-0.4, -0.2) is 26.1 Å². The summed E-state index contributed by atoms with van der Waals surface area (Å²) in [7, 11) is -4.18. The molecule has 4 nitrogen and oxygen atoms in total. The Balaban J connectivity index is 1.62. The normalized spacial score (nSPS) is 13.1. The molecule has 0 aliphatic carbocycles. The van der Waals surface area contributed by atoms with Crippen molar-refractivity contribution in [2.45, 2.75) is 116 Å². The van der Waals surface area contributed by atoms with Crippen LogP contribution in [0.1, 0.15) is 94.2 Å². The second-order valence-corrected chi connectivity index (χ2v) is 28.6. The number of fused-ring (bicyclic) bond motifs is 6. The van der Waals surface area contributed by atoms with Crippen LogP contribution in [-0.2, 0) is 0 Å². The molecule has 5 aromatic carbocycles. The SMILES string of the molecule is CC(C)[Si](C#Cc1c2cc3ccccc3cc2c(C#C[Si](C(C)C)(C(C)C)C(C)C)c2nc3c(nc12)Nc1cc2ccccc2cc1N3)(C(C)C)C(C)C. The first-order chi connectivity index (χ1) is 25.7. The molecule has 6 heteroatoms. The summed E-state index contributed by atoms with van der Waals surface area (Å²) in [4.78, 5) is 11.0. The molecule has 0 fully saturated rings. The lowest BCUT2D eigenvalue weighted by molar-refractivity contribution is 0.838. The van der Waals surface area contributed by atoms with Gasteiger partial charge in [-0.05, 0) is 79.1 Å². The van der Waals surface area contributed by atoms with E-state index in [2.05, 4.69) is 189 Å². The zero-order chi connectivity index (χ0) is 38.7. The lowest BCUT2D eigenvalue weighted by Gasteiger charge is -2.38. The largest absolute Gasteiger partial charge is 0.335 e. The standard InChI is InChI=1S/C48H56N4Si2/c1-29(2)53(30(3)4,31(5)6)23-21-39-41-25-35-17-13-14-18-36(35)26-42(41)40(22-24-54(32(7)8,33(9)10)34(11)12)46-45(39)51-47-48(52-46)50-44-28-38-20-16-15-19-37(38)27-43(44)49-47/h13-20,25-34H,1-12H3,(H,49,51)(H,50,52). The summed E-state index contributed by atoms with van der Waals surface area (Å²) in [6.07, 6.45) is 0. The molecule has 0 spiro atoms. The van der Waals surface area contributed by atoms with Crippen LogP contribution < -0.4 is 10.6 Å². The Morgan fingerprint density at radius 2 is 0.741 bits per heavy atom. The van der Waals surface area contributed by atoms with Crippen molar-refractivity contribution in [3.05, 3.63) is 83.9 Å². The van der Waals surface area contributed by atoms with Crippen molar-refractivity contribution in [2.75, 3.05) is 10.6 Å². The molecule has 0 saturated heterocycles. The fraction of sp³-hybridized carbons (Fsp3) is 0.375. The minimum absolute atomic E-state index is 0.505. The highest BCUT2D eigenvalue weighted by molar-refractivity contribution is 6.91. The summed E-state index contributed by atoms with van der Waals surface area (Å²) in [5.41, 5.74) is 16.7. The van der Waals surface area contributed by atoms with Crippen molar-refractivity contribution in [1.82, 2.24) is 9.97 Å². The lowest BCUT2D eigenvalue weighted by atomic mass is 9.94. The van der Waals surface area contributed by atoms with E-state index in [1.807, 2.05) is 0 Å². The molecular weight excluding hydrogens is 689 g/mol. The fourth-order valence-electron chi connectivity index (χ4n) is 10.0. The zero-order valence-electron chi connectivity index (χ0n) is 34.3. The molecule has 0 saturated carbocycles. The van der Waals surface area contributed by atoms with E-state index in [0.29, 0.717) is 44.9 Å². The van der Waals surface area contributed by atoms with Gasteiger partial charge in [0.25, 0.3) is 0 Å². The maximum Gasteiger partial charge on any atom is 0.174 e. The minimum Gasteiger partial charge on any atom is -0.335 e. The van der Waals surface area contributed by atoms with Crippen LogP contribution in [0.2, 0.25) is 33.2 Å². The number of anilines is 4. The van der Waals surface area contributed by atoms with Gasteiger partial charge in [0.15, 0.2) is 11.6 Å². The van der Waals surface area contributed by atoms with Gasteiger partial charge >= 0.3 is 0 Å². The summed E-state index contributed by atoms with van der Waals surface area (Å²) < 4.78 is 0. The molecule has 0 amide bonds. The number of hydrogen-bond donors (Lipinski definition) is 2. The Hall–Kier alpha value is -4.63. The van der Waals surface area contributed by atoms with Crippen LogP contribution >= 0.6 is 0 Å². The third-order valence-electron chi connectivity index (χ3n) is 12.7. The molecular formula is C48H56N4Si2. The first-order valence-corrected chi connectivity index (χ1v) is 24.5. The van der Waals surface area contributed by atoms with Crippen molar-refractivity contribution in [3.63, 3.8) is 0 Å². The predicted octanol–water partition coefficient (Wildman–Crippen LogP) is 14.0. The van der Waals surface area contributed by atoms with E-state index < -0.39 is 16.1 Å². The highest BCUT2D eigenvalue weighted by Gasteiger charge is 2.43. The van der Waals surface area contributed by atoms with Gasteiger partial charge in [0.1, 0.15) is 27.2 Å². The molecule has 1 aliphatic rings. The van der Waals surface area contributed by atoms with Crippen molar-refractivity contribution >= 4 is 82.5 Å². The van der Waals surface area contributed by atoms with Gasteiger partial charge in [-0.15, -0.1) is 11.1 Å². The van der Waals surface area contributed by atoms with Crippen LogP contribution in [0.25, 0.3) is 43.4 Å².